The van der Waals surface area contributed by atoms with Crippen molar-refractivity contribution in [3.05, 3.63) is 65.4 Å². The third-order valence-electron chi connectivity index (χ3n) is 3.59. The molecular formula is C18H16ClN3O3. The molecule has 0 aliphatic carbocycles. The van der Waals surface area contributed by atoms with E-state index in [0.29, 0.717) is 10.8 Å². The van der Waals surface area contributed by atoms with E-state index < -0.39 is 17.9 Å². The molecule has 6 nitrogen and oxygen atoms in total. The third-order valence-corrected chi connectivity index (χ3v) is 3.81. The summed E-state index contributed by atoms with van der Waals surface area (Å²) in [5.41, 5.74) is 4.86. The second-order valence-electron chi connectivity index (χ2n) is 5.44. The summed E-state index contributed by atoms with van der Waals surface area (Å²) in [5.74, 6) is -0.402. The second-order valence-corrected chi connectivity index (χ2v) is 5.88. The molecule has 3 aromatic rings. The van der Waals surface area contributed by atoms with E-state index in [9.17, 15) is 9.59 Å². The smallest absolute Gasteiger partial charge is 0.286 e. The van der Waals surface area contributed by atoms with Crippen LogP contribution in [-0.4, -0.2) is 22.9 Å². The van der Waals surface area contributed by atoms with E-state index in [-0.39, 0.29) is 5.69 Å². The van der Waals surface area contributed by atoms with Gasteiger partial charge in [-0.3, -0.25) is 20.4 Å². The molecule has 3 rings (SSSR count). The van der Waals surface area contributed by atoms with Gasteiger partial charge in [0.2, 0.25) is 0 Å². The summed E-state index contributed by atoms with van der Waals surface area (Å²) in [7, 11) is 0. The molecule has 1 heterocycles. The Bertz CT molecular complexity index is 923. The highest BCUT2D eigenvalue weighted by Gasteiger charge is 2.16. The van der Waals surface area contributed by atoms with Crippen molar-refractivity contribution in [2.24, 2.45) is 0 Å². The Morgan fingerprint density at radius 2 is 1.84 bits per heavy atom. The van der Waals surface area contributed by atoms with Crippen molar-refractivity contribution in [1.29, 1.82) is 0 Å². The minimum Gasteiger partial charge on any atom is -0.481 e. The van der Waals surface area contributed by atoms with Crippen molar-refractivity contribution < 1.29 is 14.3 Å². The lowest BCUT2D eigenvalue weighted by molar-refractivity contribution is -0.128. The fourth-order valence-electron chi connectivity index (χ4n) is 2.28. The summed E-state index contributed by atoms with van der Waals surface area (Å²) in [5, 5.41) is 2.51. The van der Waals surface area contributed by atoms with Gasteiger partial charge in [0.05, 0.1) is 5.02 Å². The molecule has 0 spiro atoms. The summed E-state index contributed by atoms with van der Waals surface area (Å²) in [6.07, 6.45) is 0.692. The van der Waals surface area contributed by atoms with Crippen LogP contribution >= 0.6 is 11.6 Å². The molecule has 1 aromatic heterocycles. The molecule has 0 aliphatic heterocycles. The number of hydrazine groups is 1. The van der Waals surface area contributed by atoms with E-state index in [2.05, 4.69) is 15.8 Å². The monoisotopic (exact) mass is 357 g/mol. The quantitative estimate of drug-likeness (QED) is 0.627. The molecule has 0 saturated carbocycles. The van der Waals surface area contributed by atoms with Crippen molar-refractivity contribution in [3.8, 4) is 5.75 Å². The number of carbonyl (C=O) groups is 2. The Labute approximate surface area is 149 Å². The highest BCUT2D eigenvalue weighted by molar-refractivity contribution is 6.30. The van der Waals surface area contributed by atoms with E-state index in [4.69, 9.17) is 16.3 Å². The van der Waals surface area contributed by atoms with Crippen LogP contribution in [-0.2, 0) is 4.79 Å². The van der Waals surface area contributed by atoms with E-state index in [0.717, 1.165) is 10.8 Å². The minimum atomic E-state index is -0.784. The SMILES string of the molecule is CC(Oc1ccc2ccccc2c1)C(=O)NNC(=O)c1cc(Cl)c[nH]1. The van der Waals surface area contributed by atoms with E-state index >= 15 is 0 Å². The standard InChI is InChI=1S/C18H16ClN3O3/c1-11(17(23)21-22-18(24)16-9-14(19)10-20-16)25-15-7-6-12-4-2-3-5-13(12)8-15/h2-11,20H,1H3,(H,21,23)(H,22,24). The molecular weight excluding hydrogens is 342 g/mol. The molecule has 1 atom stereocenters. The molecule has 128 valence electrons. The lowest BCUT2D eigenvalue weighted by Crippen LogP contribution is -2.47. The number of hydrogen-bond donors (Lipinski definition) is 3. The molecule has 0 radical (unpaired) electrons. The van der Waals surface area contributed by atoms with Gasteiger partial charge in [-0.25, -0.2) is 0 Å². The molecule has 25 heavy (non-hydrogen) atoms. The number of H-pyrrole nitrogens is 1. The largest absolute Gasteiger partial charge is 0.481 e. The third kappa shape index (κ3) is 4.10. The van der Waals surface area contributed by atoms with Crippen LogP contribution in [0, 0.1) is 0 Å². The van der Waals surface area contributed by atoms with Crippen LogP contribution in [0.4, 0.5) is 0 Å². The molecule has 0 aliphatic rings. The first kappa shape index (κ1) is 16.9. The number of hydrogen-bond acceptors (Lipinski definition) is 3. The molecule has 7 heteroatoms. The van der Waals surface area contributed by atoms with Gasteiger partial charge in [0.15, 0.2) is 6.10 Å². The number of benzene rings is 2. The topological polar surface area (TPSA) is 83.2 Å². The molecule has 0 fully saturated rings. The van der Waals surface area contributed by atoms with Crippen LogP contribution in [0.25, 0.3) is 10.8 Å². The fourth-order valence-corrected chi connectivity index (χ4v) is 2.45. The van der Waals surface area contributed by atoms with E-state index in [1.807, 2.05) is 36.4 Å². The van der Waals surface area contributed by atoms with Gasteiger partial charge < -0.3 is 9.72 Å². The van der Waals surface area contributed by atoms with Gasteiger partial charge in [0, 0.05) is 6.20 Å². The van der Waals surface area contributed by atoms with E-state index in [1.54, 1.807) is 13.0 Å². The minimum absolute atomic E-state index is 0.244. The highest BCUT2D eigenvalue weighted by Crippen LogP contribution is 2.21. The highest BCUT2D eigenvalue weighted by atomic mass is 35.5. The van der Waals surface area contributed by atoms with Crippen molar-refractivity contribution in [2.45, 2.75) is 13.0 Å². The number of rotatable bonds is 4. The predicted octanol–water partition coefficient (Wildman–Crippen LogP) is 3.05. The van der Waals surface area contributed by atoms with Crippen LogP contribution in [0.1, 0.15) is 17.4 Å². The van der Waals surface area contributed by atoms with Gasteiger partial charge in [0.1, 0.15) is 11.4 Å². The van der Waals surface area contributed by atoms with E-state index in [1.165, 1.54) is 12.3 Å². The first-order valence-electron chi connectivity index (χ1n) is 7.62. The maximum atomic E-state index is 12.1. The van der Waals surface area contributed by atoms with Crippen molar-refractivity contribution in [3.63, 3.8) is 0 Å². The molecule has 2 aromatic carbocycles. The first-order chi connectivity index (χ1) is 12.0. The van der Waals surface area contributed by atoms with Gasteiger partial charge in [-0.1, -0.05) is 41.9 Å². The maximum absolute atomic E-state index is 12.1. The summed E-state index contributed by atoms with van der Waals surface area (Å²) < 4.78 is 5.63. The van der Waals surface area contributed by atoms with Gasteiger partial charge in [-0.2, -0.15) is 0 Å². The molecule has 3 N–H and O–H groups in total. The molecule has 0 saturated heterocycles. The zero-order valence-electron chi connectivity index (χ0n) is 13.4. The first-order valence-corrected chi connectivity index (χ1v) is 8.00. The summed E-state index contributed by atoms with van der Waals surface area (Å²) in [4.78, 5) is 26.6. The van der Waals surface area contributed by atoms with Gasteiger partial charge in [-0.15, -0.1) is 0 Å². The van der Waals surface area contributed by atoms with Crippen molar-refractivity contribution in [2.75, 3.05) is 0 Å². The molecule has 0 bridgehead atoms. The Balaban J connectivity index is 1.57. The second kappa shape index (κ2) is 7.27. The lowest BCUT2D eigenvalue weighted by Gasteiger charge is -2.15. The van der Waals surface area contributed by atoms with Crippen LogP contribution in [0.5, 0.6) is 5.75 Å². The number of carbonyl (C=O) groups excluding carboxylic acids is 2. The molecule has 1 unspecified atom stereocenters. The summed E-state index contributed by atoms with van der Waals surface area (Å²) >= 11 is 5.73. The predicted molar refractivity (Wildman–Crippen MR) is 95.4 cm³/mol. The number of nitrogens with one attached hydrogen (secondary N) is 3. The normalized spacial score (nSPS) is 11.8. The van der Waals surface area contributed by atoms with Gasteiger partial charge in [0.25, 0.3) is 11.8 Å². The maximum Gasteiger partial charge on any atom is 0.286 e. The zero-order valence-corrected chi connectivity index (χ0v) is 14.1. The average molecular weight is 358 g/mol. The van der Waals surface area contributed by atoms with Crippen molar-refractivity contribution >= 4 is 34.2 Å². The Morgan fingerprint density at radius 1 is 1.08 bits per heavy atom. The summed E-state index contributed by atoms with van der Waals surface area (Å²) in [6.45, 7) is 1.60. The Hall–Kier alpha value is -2.99. The van der Waals surface area contributed by atoms with Gasteiger partial charge >= 0.3 is 0 Å². The number of fused-ring (bicyclic) bond motifs is 1. The van der Waals surface area contributed by atoms with Crippen LogP contribution < -0.4 is 15.6 Å². The Morgan fingerprint density at radius 3 is 2.56 bits per heavy atom. The molecule has 2 amide bonds. The van der Waals surface area contributed by atoms with Crippen molar-refractivity contribution in [1.82, 2.24) is 15.8 Å². The van der Waals surface area contributed by atoms with Crippen LogP contribution in [0.3, 0.4) is 0 Å². The number of amides is 2. The fraction of sp³-hybridized carbons (Fsp3) is 0.111. The van der Waals surface area contributed by atoms with Crippen LogP contribution in [0.15, 0.2) is 54.7 Å². The number of aromatic nitrogens is 1. The summed E-state index contributed by atoms with van der Waals surface area (Å²) in [6, 6.07) is 14.9. The number of ether oxygens (including phenoxy) is 1. The lowest BCUT2D eigenvalue weighted by atomic mass is 10.1. The number of aromatic amines is 1. The zero-order chi connectivity index (χ0) is 17.8. The Kier molecular flexibility index (Phi) is 4.90. The average Bonchev–Trinajstić information content (AvgIpc) is 3.05. The van der Waals surface area contributed by atoms with Gasteiger partial charge in [-0.05, 0) is 35.9 Å². The number of halogens is 1. The van der Waals surface area contributed by atoms with Crippen LogP contribution in [0.2, 0.25) is 5.02 Å².